The Kier molecular flexibility index (Phi) is 14.2. The van der Waals surface area contributed by atoms with E-state index in [4.69, 9.17) is 19.7 Å². The van der Waals surface area contributed by atoms with Gasteiger partial charge in [0.05, 0.1) is 39.1 Å². The molecule has 0 aliphatic heterocycles. The van der Waals surface area contributed by atoms with Crippen LogP contribution in [0, 0.1) is 0 Å². The summed E-state index contributed by atoms with van der Waals surface area (Å²) in [7, 11) is 0. The predicted octanol–water partition coefficient (Wildman–Crippen LogP) is -0.301. The fourth-order valence-electron chi connectivity index (χ4n) is 1.20. The number of hydrogen-bond acceptors (Lipinski definition) is 10. The summed E-state index contributed by atoms with van der Waals surface area (Å²) in [4.78, 5) is 21.8. The van der Waals surface area contributed by atoms with Gasteiger partial charge in [-0.1, -0.05) is 0 Å². The third kappa shape index (κ3) is 15.1. The fraction of sp³-hybridized carbons (Fsp3) is 0.846. The molecule has 0 radical (unpaired) electrons. The lowest BCUT2D eigenvalue weighted by Crippen LogP contribution is -2.22. The summed E-state index contributed by atoms with van der Waals surface area (Å²) in [6.07, 6.45) is -1.97. The first-order valence-electron chi connectivity index (χ1n) is 7.10. The molecule has 0 aliphatic rings. The van der Waals surface area contributed by atoms with Gasteiger partial charge in [-0.05, 0) is 6.92 Å². The molecule has 0 aromatic rings. The van der Waals surface area contributed by atoms with Crippen LogP contribution in [0.2, 0.25) is 0 Å². The van der Waals surface area contributed by atoms with E-state index >= 15 is 0 Å². The Balaban J connectivity index is 3.38. The van der Waals surface area contributed by atoms with Crippen LogP contribution in [0.25, 0.3) is 0 Å². The third-order valence-electron chi connectivity index (χ3n) is 2.13. The first-order valence-corrected chi connectivity index (χ1v) is 7.10. The van der Waals surface area contributed by atoms with Gasteiger partial charge in [0.15, 0.2) is 0 Å². The number of ether oxygens (including phenoxy) is 6. The van der Waals surface area contributed by atoms with E-state index in [2.05, 4.69) is 18.9 Å². The lowest BCUT2D eigenvalue weighted by molar-refractivity contribution is -0.0386. The second kappa shape index (κ2) is 15.3. The number of hydrogen-bond donors (Lipinski definition) is 2. The molecular weight excluding hydrogens is 316 g/mol. The molecule has 2 N–H and O–H groups in total. The number of carbonyl (C=O) groups is 2. The summed E-state index contributed by atoms with van der Waals surface area (Å²) in [6, 6.07) is 0. The van der Waals surface area contributed by atoms with Crippen molar-refractivity contribution in [2.45, 2.75) is 13.0 Å². The Hall–Kier alpha value is -1.62. The molecule has 0 saturated carbocycles. The summed E-state index contributed by atoms with van der Waals surface area (Å²) in [5.74, 6) is 0. The highest BCUT2D eigenvalue weighted by Crippen LogP contribution is 1.94. The maximum Gasteiger partial charge on any atom is 0.508 e. The second-order valence-corrected chi connectivity index (χ2v) is 4.10. The van der Waals surface area contributed by atoms with Gasteiger partial charge in [-0.2, -0.15) is 0 Å². The molecule has 10 nitrogen and oxygen atoms in total. The fourth-order valence-corrected chi connectivity index (χ4v) is 1.20. The predicted molar refractivity (Wildman–Crippen MR) is 75.0 cm³/mol. The van der Waals surface area contributed by atoms with Crippen molar-refractivity contribution in [3.63, 3.8) is 0 Å². The average Bonchev–Trinajstić information content (AvgIpc) is 2.54. The number of aliphatic hydroxyl groups excluding tert-OH is 2. The van der Waals surface area contributed by atoms with Crippen LogP contribution in [-0.4, -0.2) is 88.1 Å². The van der Waals surface area contributed by atoms with Crippen molar-refractivity contribution in [1.29, 1.82) is 0 Å². The van der Waals surface area contributed by atoms with Crippen LogP contribution < -0.4 is 0 Å². The van der Waals surface area contributed by atoms with Gasteiger partial charge in [-0.25, -0.2) is 9.59 Å². The van der Waals surface area contributed by atoms with Crippen LogP contribution in [-0.2, 0) is 28.4 Å². The van der Waals surface area contributed by atoms with Crippen LogP contribution in [0.15, 0.2) is 0 Å². The van der Waals surface area contributed by atoms with Gasteiger partial charge in [-0.3, -0.25) is 0 Å². The van der Waals surface area contributed by atoms with Crippen LogP contribution in [0.1, 0.15) is 6.92 Å². The molecule has 0 aliphatic carbocycles. The van der Waals surface area contributed by atoms with Gasteiger partial charge < -0.3 is 38.6 Å². The van der Waals surface area contributed by atoms with Crippen molar-refractivity contribution in [1.82, 2.24) is 0 Å². The van der Waals surface area contributed by atoms with E-state index in [0.717, 1.165) is 0 Å². The molecule has 0 amide bonds. The molecule has 0 rings (SSSR count). The van der Waals surface area contributed by atoms with Gasteiger partial charge in [0.2, 0.25) is 0 Å². The summed E-state index contributed by atoms with van der Waals surface area (Å²) in [6.45, 7) is 1.68. The zero-order chi connectivity index (χ0) is 17.3. The number of aliphatic hydroxyl groups is 2. The lowest BCUT2D eigenvalue weighted by atomic mass is 10.4. The molecule has 1 atom stereocenters. The topological polar surface area (TPSA) is 130 Å². The van der Waals surface area contributed by atoms with Crippen LogP contribution in [0.3, 0.4) is 0 Å². The average molecular weight is 340 g/mol. The minimum atomic E-state index is -0.864. The third-order valence-corrected chi connectivity index (χ3v) is 2.13. The molecule has 0 saturated heterocycles. The maximum absolute atomic E-state index is 10.9. The monoisotopic (exact) mass is 340 g/mol. The first-order chi connectivity index (χ1) is 11.1. The molecule has 136 valence electrons. The van der Waals surface area contributed by atoms with E-state index in [1.54, 1.807) is 6.92 Å². The smallest absolute Gasteiger partial charge is 0.432 e. The Labute approximate surface area is 134 Å². The van der Waals surface area contributed by atoms with Gasteiger partial charge in [0, 0.05) is 0 Å². The second-order valence-electron chi connectivity index (χ2n) is 4.10. The summed E-state index contributed by atoms with van der Waals surface area (Å²) >= 11 is 0. The Morgan fingerprint density at radius 3 is 1.78 bits per heavy atom. The molecular formula is C13H24O10. The Morgan fingerprint density at radius 2 is 1.26 bits per heavy atom. The van der Waals surface area contributed by atoms with E-state index in [1.165, 1.54) is 0 Å². The van der Waals surface area contributed by atoms with Gasteiger partial charge in [-0.15, -0.1) is 0 Å². The molecule has 0 bridgehead atoms. The Bertz CT molecular complexity index is 309. The standard InChI is InChI=1S/C13H24O10/c1-11(19-8-9-23-13(17)21-5-3-15)10-18-6-7-22-12(16)20-4-2-14/h11,14-15H,2-10H2,1H3. The van der Waals surface area contributed by atoms with Gasteiger partial charge in [0.25, 0.3) is 0 Å². The molecule has 0 fully saturated rings. The van der Waals surface area contributed by atoms with Crippen molar-refractivity contribution in [3.05, 3.63) is 0 Å². The van der Waals surface area contributed by atoms with Crippen molar-refractivity contribution in [2.24, 2.45) is 0 Å². The molecule has 0 spiro atoms. The lowest BCUT2D eigenvalue weighted by Gasteiger charge is -2.13. The normalized spacial score (nSPS) is 11.6. The number of carbonyl (C=O) groups excluding carboxylic acids is 2. The number of rotatable bonds is 13. The SMILES string of the molecule is CC(COCCOC(=O)OCCO)OCCOC(=O)OCCO. The highest BCUT2D eigenvalue weighted by atomic mass is 16.7. The highest BCUT2D eigenvalue weighted by molar-refractivity contribution is 5.60. The molecule has 0 aromatic heterocycles. The quantitative estimate of drug-likeness (QED) is 0.340. The maximum atomic E-state index is 10.9. The molecule has 10 heteroatoms. The van der Waals surface area contributed by atoms with Crippen LogP contribution in [0.4, 0.5) is 9.59 Å². The van der Waals surface area contributed by atoms with Crippen LogP contribution >= 0.6 is 0 Å². The van der Waals surface area contributed by atoms with Crippen LogP contribution in [0.5, 0.6) is 0 Å². The van der Waals surface area contributed by atoms with Gasteiger partial charge in [0.1, 0.15) is 26.4 Å². The molecule has 0 aromatic carbocycles. The van der Waals surface area contributed by atoms with E-state index in [9.17, 15) is 9.59 Å². The Morgan fingerprint density at radius 1 is 0.783 bits per heavy atom. The van der Waals surface area contributed by atoms with Gasteiger partial charge >= 0.3 is 12.3 Å². The van der Waals surface area contributed by atoms with E-state index in [-0.39, 0.29) is 65.6 Å². The highest BCUT2D eigenvalue weighted by Gasteiger charge is 2.06. The van der Waals surface area contributed by atoms with Crippen molar-refractivity contribution in [2.75, 3.05) is 59.5 Å². The summed E-state index contributed by atoms with van der Waals surface area (Å²) in [5.41, 5.74) is 0. The van der Waals surface area contributed by atoms with Crippen molar-refractivity contribution in [3.8, 4) is 0 Å². The van der Waals surface area contributed by atoms with Crippen molar-refractivity contribution >= 4 is 12.3 Å². The first kappa shape index (κ1) is 21.4. The van der Waals surface area contributed by atoms with E-state index in [0.29, 0.717) is 0 Å². The summed E-state index contributed by atoms with van der Waals surface area (Å²) in [5, 5.41) is 16.9. The molecule has 1 unspecified atom stereocenters. The molecule has 0 heterocycles. The zero-order valence-corrected chi connectivity index (χ0v) is 13.1. The van der Waals surface area contributed by atoms with Crippen molar-refractivity contribution < 1.29 is 48.2 Å². The summed E-state index contributed by atoms with van der Waals surface area (Å²) < 4.78 is 28.8. The van der Waals surface area contributed by atoms with E-state index < -0.39 is 12.3 Å². The van der Waals surface area contributed by atoms with E-state index in [1.807, 2.05) is 0 Å². The minimum Gasteiger partial charge on any atom is -0.432 e. The zero-order valence-electron chi connectivity index (χ0n) is 13.1. The molecule has 23 heavy (non-hydrogen) atoms. The minimum absolute atomic E-state index is 0.0222. The largest absolute Gasteiger partial charge is 0.508 e.